The van der Waals surface area contributed by atoms with Gasteiger partial charge in [0.2, 0.25) is 11.8 Å². The largest absolute Gasteiger partial charge is 0.326 e. The van der Waals surface area contributed by atoms with Gasteiger partial charge in [0.25, 0.3) is 0 Å². The second-order valence-corrected chi connectivity index (χ2v) is 6.50. The minimum atomic E-state index is -0.367. The average molecular weight is 344 g/mol. The zero-order chi connectivity index (χ0) is 17.1. The molecular weight excluding hydrogens is 327 g/mol. The highest BCUT2D eigenvalue weighted by Crippen LogP contribution is 2.42. The van der Waals surface area contributed by atoms with E-state index in [9.17, 15) is 14.0 Å². The maximum absolute atomic E-state index is 13.5. The van der Waals surface area contributed by atoms with Crippen LogP contribution in [0.5, 0.6) is 0 Å². The summed E-state index contributed by atoms with van der Waals surface area (Å²) in [4.78, 5) is 25.3. The predicted octanol–water partition coefficient (Wildman–Crippen LogP) is 3.95. The van der Waals surface area contributed by atoms with Crippen molar-refractivity contribution in [2.45, 2.75) is 18.7 Å². The molecule has 4 nitrogen and oxygen atoms in total. The lowest BCUT2D eigenvalue weighted by atomic mass is 10.1. The second-order valence-electron chi connectivity index (χ2n) is 5.43. The zero-order valence-corrected chi connectivity index (χ0v) is 14.0. The van der Waals surface area contributed by atoms with Gasteiger partial charge in [-0.3, -0.25) is 14.5 Å². The summed E-state index contributed by atoms with van der Waals surface area (Å²) in [7, 11) is 0. The molecule has 124 valence electrons. The van der Waals surface area contributed by atoms with Crippen LogP contribution in [-0.2, 0) is 9.59 Å². The van der Waals surface area contributed by atoms with Gasteiger partial charge in [0.05, 0.1) is 5.75 Å². The third kappa shape index (κ3) is 3.43. The van der Waals surface area contributed by atoms with Crippen molar-refractivity contribution >= 4 is 35.0 Å². The fourth-order valence-corrected chi connectivity index (χ4v) is 3.73. The number of anilines is 2. The van der Waals surface area contributed by atoms with E-state index in [1.54, 1.807) is 24.0 Å². The quantitative estimate of drug-likeness (QED) is 0.913. The molecule has 1 fully saturated rings. The molecule has 1 aliphatic rings. The van der Waals surface area contributed by atoms with E-state index in [0.29, 0.717) is 17.9 Å². The number of carbonyl (C=O) groups is 2. The first kappa shape index (κ1) is 16.5. The first-order valence-corrected chi connectivity index (χ1v) is 8.72. The molecule has 1 N–H and O–H groups in total. The van der Waals surface area contributed by atoms with Crippen molar-refractivity contribution in [1.29, 1.82) is 0 Å². The lowest BCUT2D eigenvalue weighted by Crippen LogP contribution is -2.27. The van der Waals surface area contributed by atoms with E-state index in [1.165, 1.54) is 23.9 Å². The molecule has 1 unspecified atom stereocenters. The molecule has 1 atom stereocenters. The van der Waals surface area contributed by atoms with Gasteiger partial charge in [-0.15, -0.1) is 11.8 Å². The van der Waals surface area contributed by atoms with Crippen molar-refractivity contribution < 1.29 is 14.0 Å². The highest BCUT2D eigenvalue weighted by Gasteiger charge is 2.34. The van der Waals surface area contributed by atoms with Crippen molar-refractivity contribution in [2.24, 2.45) is 0 Å². The Hall–Kier alpha value is -2.34. The van der Waals surface area contributed by atoms with Crippen LogP contribution in [0.3, 0.4) is 0 Å². The van der Waals surface area contributed by atoms with Crippen LogP contribution in [0.15, 0.2) is 48.5 Å². The van der Waals surface area contributed by atoms with Gasteiger partial charge in [-0.1, -0.05) is 25.1 Å². The van der Waals surface area contributed by atoms with Crippen molar-refractivity contribution in [3.63, 3.8) is 0 Å². The Morgan fingerprint density at radius 2 is 2.04 bits per heavy atom. The van der Waals surface area contributed by atoms with Crippen LogP contribution in [0.25, 0.3) is 0 Å². The third-order valence-electron chi connectivity index (χ3n) is 3.75. The van der Waals surface area contributed by atoms with E-state index < -0.39 is 0 Å². The van der Waals surface area contributed by atoms with Gasteiger partial charge in [0, 0.05) is 17.8 Å². The Kier molecular flexibility index (Phi) is 4.85. The van der Waals surface area contributed by atoms with Gasteiger partial charge in [0.1, 0.15) is 11.2 Å². The molecule has 0 saturated carbocycles. The predicted molar refractivity (Wildman–Crippen MR) is 94.4 cm³/mol. The van der Waals surface area contributed by atoms with E-state index in [-0.39, 0.29) is 23.0 Å². The molecule has 1 saturated heterocycles. The summed E-state index contributed by atoms with van der Waals surface area (Å²) in [5.74, 6) is -0.0997. The molecule has 0 bridgehead atoms. The van der Waals surface area contributed by atoms with E-state index >= 15 is 0 Å². The zero-order valence-electron chi connectivity index (χ0n) is 13.2. The summed E-state index contributed by atoms with van der Waals surface area (Å²) in [5, 5.41) is 2.59. The lowest BCUT2D eigenvalue weighted by molar-refractivity contribution is -0.116. The number of hydrogen-bond acceptors (Lipinski definition) is 3. The second kappa shape index (κ2) is 7.05. The third-order valence-corrected chi connectivity index (χ3v) is 4.97. The first-order valence-electron chi connectivity index (χ1n) is 7.67. The highest BCUT2D eigenvalue weighted by molar-refractivity contribution is 8.00. The number of benzene rings is 2. The summed E-state index contributed by atoms with van der Waals surface area (Å²) in [6.45, 7) is 1.79. The topological polar surface area (TPSA) is 49.4 Å². The maximum atomic E-state index is 13.5. The molecule has 24 heavy (non-hydrogen) atoms. The molecule has 0 aromatic heterocycles. The Labute approximate surface area is 144 Å². The van der Waals surface area contributed by atoms with Gasteiger partial charge in [0.15, 0.2) is 0 Å². The molecule has 0 spiro atoms. The molecule has 2 amide bonds. The number of amides is 2. The van der Waals surface area contributed by atoms with Gasteiger partial charge in [-0.25, -0.2) is 4.39 Å². The van der Waals surface area contributed by atoms with Gasteiger partial charge in [-0.2, -0.15) is 0 Å². The summed E-state index contributed by atoms with van der Waals surface area (Å²) in [5.41, 5.74) is 2.21. The van der Waals surface area contributed by atoms with E-state index in [4.69, 9.17) is 0 Å². The van der Waals surface area contributed by atoms with Crippen LogP contribution in [0.4, 0.5) is 15.8 Å². The number of nitrogens with one attached hydrogen (secondary N) is 1. The number of halogens is 1. The molecule has 2 aromatic carbocycles. The van der Waals surface area contributed by atoms with Crippen LogP contribution in [0.1, 0.15) is 24.3 Å². The molecule has 1 heterocycles. The molecule has 6 heteroatoms. The monoisotopic (exact) mass is 344 g/mol. The van der Waals surface area contributed by atoms with Crippen LogP contribution in [0, 0.1) is 5.82 Å². The van der Waals surface area contributed by atoms with Crippen LogP contribution in [0.2, 0.25) is 0 Å². The van der Waals surface area contributed by atoms with Gasteiger partial charge in [-0.05, 0) is 35.9 Å². The molecular formula is C18H17FN2O2S. The number of carbonyl (C=O) groups excluding carboxylic acids is 2. The smallest absolute Gasteiger partial charge is 0.238 e. The summed E-state index contributed by atoms with van der Waals surface area (Å²) < 4.78 is 13.5. The van der Waals surface area contributed by atoms with Crippen LogP contribution in [-0.4, -0.2) is 17.6 Å². The van der Waals surface area contributed by atoms with Crippen molar-refractivity contribution in [1.82, 2.24) is 0 Å². The fourth-order valence-electron chi connectivity index (χ4n) is 2.56. The van der Waals surface area contributed by atoms with Crippen LogP contribution < -0.4 is 10.2 Å². The summed E-state index contributed by atoms with van der Waals surface area (Å²) in [6.07, 6.45) is 0.419. The van der Waals surface area contributed by atoms with E-state index in [2.05, 4.69) is 5.32 Å². The number of nitrogens with zero attached hydrogens (tertiary/aromatic N) is 1. The summed E-state index contributed by atoms with van der Waals surface area (Å²) in [6, 6.07) is 13.5. The standard InChI is InChI=1S/C18H17FN2O2S/c1-2-16(22)20-14-8-6-12(7-9-14)18-21(17(23)11-24-18)15-5-3-4-13(19)10-15/h3-10,18H,2,11H2,1H3,(H,20,22). The van der Waals surface area contributed by atoms with Crippen molar-refractivity contribution in [3.8, 4) is 0 Å². The maximum Gasteiger partial charge on any atom is 0.238 e. The van der Waals surface area contributed by atoms with Gasteiger partial charge >= 0.3 is 0 Å². The Bertz CT molecular complexity index is 764. The Balaban J connectivity index is 1.85. The molecule has 1 aliphatic heterocycles. The molecule has 2 aromatic rings. The average Bonchev–Trinajstić information content (AvgIpc) is 2.97. The lowest BCUT2D eigenvalue weighted by Gasteiger charge is -2.24. The fraction of sp³-hybridized carbons (Fsp3) is 0.222. The Morgan fingerprint density at radius 1 is 1.29 bits per heavy atom. The summed E-state index contributed by atoms with van der Waals surface area (Å²) >= 11 is 1.50. The minimum Gasteiger partial charge on any atom is -0.326 e. The van der Waals surface area contributed by atoms with Crippen molar-refractivity contribution in [2.75, 3.05) is 16.0 Å². The highest BCUT2D eigenvalue weighted by atomic mass is 32.2. The van der Waals surface area contributed by atoms with E-state index in [0.717, 1.165) is 11.3 Å². The number of rotatable bonds is 4. The number of thioether (sulfide) groups is 1. The van der Waals surface area contributed by atoms with E-state index in [1.807, 2.05) is 24.3 Å². The normalized spacial score (nSPS) is 17.2. The van der Waals surface area contributed by atoms with Crippen molar-refractivity contribution in [3.05, 3.63) is 59.9 Å². The molecule has 0 aliphatic carbocycles. The number of hydrogen-bond donors (Lipinski definition) is 1. The minimum absolute atomic E-state index is 0.0426. The SMILES string of the molecule is CCC(=O)Nc1ccc(C2SCC(=O)N2c2cccc(F)c2)cc1. The molecule has 3 rings (SSSR count). The Morgan fingerprint density at radius 3 is 2.71 bits per heavy atom. The molecule has 0 radical (unpaired) electrons. The van der Waals surface area contributed by atoms with Crippen LogP contribution >= 0.6 is 11.8 Å². The van der Waals surface area contributed by atoms with Gasteiger partial charge < -0.3 is 5.32 Å². The first-order chi connectivity index (χ1) is 11.6.